The van der Waals surface area contributed by atoms with Gasteiger partial charge in [0.25, 0.3) is 5.91 Å². The van der Waals surface area contributed by atoms with Gasteiger partial charge >= 0.3 is 5.97 Å². The van der Waals surface area contributed by atoms with Gasteiger partial charge in [-0.3, -0.25) is 9.59 Å². The Hall–Kier alpha value is -1.73. The van der Waals surface area contributed by atoms with Gasteiger partial charge < -0.3 is 14.7 Å². The van der Waals surface area contributed by atoms with Crippen molar-refractivity contribution in [2.24, 2.45) is 0 Å². The summed E-state index contributed by atoms with van der Waals surface area (Å²) < 4.78 is 5.66. The molecule has 0 aromatic heterocycles. The number of rotatable bonds is 9. The molecule has 0 spiro atoms. The van der Waals surface area contributed by atoms with Crippen LogP contribution in [0.3, 0.4) is 0 Å². The number of hydrogen-bond acceptors (Lipinski definition) is 4. The highest BCUT2D eigenvalue weighted by Crippen LogP contribution is 2.33. The molecule has 0 saturated carbocycles. The minimum atomic E-state index is -1.03. The second-order valence-electron chi connectivity index (χ2n) is 8.14. The van der Waals surface area contributed by atoms with Crippen LogP contribution in [0.2, 0.25) is 10.0 Å². The molecule has 1 aliphatic rings. The van der Waals surface area contributed by atoms with E-state index in [1.807, 2.05) is 59.1 Å². The number of carbonyl (C=O) groups is 2. The molecule has 3 rings (SSSR count). The Morgan fingerprint density at radius 1 is 1.09 bits per heavy atom. The van der Waals surface area contributed by atoms with Crippen LogP contribution in [-0.4, -0.2) is 51.6 Å². The summed E-state index contributed by atoms with van der Waals surface area (Å²) in [6.07, 6.45) is 0.644. The van der Waals surface area contributed by atoms with Crippen LogP contribution in [-0.2, 0) is 14.3 Å². The molecule has 4 atom stereocenters. The molecular formula is C26H33Cl2NO4S. The van der Waals surface area contributed by atoms with Crippen molar-refractivity contribution in [2.45, 2.75) is 63.5 Å². The zero-order valence-electron chi connectivity index (χ0n) is 19.8. The third-order valence-electron chi connectivity index (χ3n) is 5.68. The van der Waals surface area contributed by atoms with Gasteiger partial charge in [0.05, 0.1) is 19.1 Å². The Balaban J connectivity index is 0.000000497. The summed E-state index contributed by atoms with van der Waals surface area (Å²) in [6.45, 7) is 6.69. The van der Waals surface area contributed by atoms with Crippen molar-refractivity contribution in [1.82, 2.24) is 4.90 Å². The van der Waals surface area contributed by atoms with Gasteiger partial charge in [-0.05, 0) is 42.7 Å². The molecule has 8 heteroatoms. The summed E-state index contributed by atoms with van der Waals surface area (Å²) in [7, 11) is 0. The predicted octanol–water partition coefficient (Wildman–Crippen LogP) is 6.73. The minimum absolute atomic E-state index is 0.0253. The van der Waals surface area contributed by atoms with E-state index in [0.717, 1.165) is 29.2 Å². The first kappa shape index (κ1) is 28.5. The fourth-order valence-electron chi connectivity index (χ4n) is 3.56. The van der Waals surface area contributed by atoms with E-state index in [1.54, 1.807) is 12.1 Å². The quantitative estimate of drug-likeness (QED) is 0.392. The Kier molecular flexibility index (Phi) is 12.3. The smallest absolute Gasteiger partial charge is 0.306 e. The summed E-state index contributed by atoms with van der Waals surface area (Å²) in [6, 6.07) is 16.7. The number of amides is 1. The summed E-state index contributed by atoms with van der Waals surface area (Å²) >= 11 is 13.4. The molecule has 2 aromatic rings. The topological polar surface area (TPSA) is 66.8 Å². The molecule has 4 unspecified atom stereocenters. The van der Waals surface area contributed by atoms with Crippen LogP contribution >= 0.6 is 35.0 Å². The van der Waals surface area contributed by atoms with Crippen LogP contribution < -0.4 is 0 Å². The van der Waals surface area contributed by atoms with E-state index in [1.165, 1.54) is 0 Å². The van der Waals surface area contributed by atoms with Crippen molar-refractivity contribution in [1.29, 1.82) is 0 Å². The van der Waals surface area contributed by atoms with E-state index in [9.17, 15) is 9.59 Å². The van der Waals surface area contributed by atoms with Crippen LogP contribution in [0.1, 0.15) is 51.6 Å². The van der Waals surface area contributed by atoms with E-state index >= 15 is 0 Å². The van der Waals surface area contributed by atoms with E-state index in [2.05, 4.69) is 20.8 Å². The zero-order valence-corrected chi connectivity index (χ0v) is 22.2. The number of aliphatic carboxylic acids is 1. The molecule has 1 aliphatic heterocycles. The highest BCUT2D eigenvalue weighted by molar-refractivity contribution is 7.99. The lowest BCUT2D eigenvalue weighted by Gasteiger charge is -2.44. The Morgan fingerprint density at radius 2 is 1.71 bits per heavy atom. The molecule has 1 heterocycles. The number of benzene rings is 2. The van der Waals surface area contributed by atoms with Gasteiger partial charge in [-0.2, -0.15) is 11.8 Å². The first-order valence-electron chi connectivity index (χ1n) is 11.5. The normalized spacial score (nSPS) is 19.7. The lowest BCUT2D eigenvalue weighted by molar-refractivity contribution is -0.168. The van der Waals surface area contributed by atoms with Crippen molar-refractivity contribution >= 4 is 46.8 Å². The van der Waals surface area contributed by atoms with Crippen molar-refractivity contribution in [3.8, 4) is 0 Å². The molecule has 1 amide bonds. The number of carbonyl (C=O) groups excluding carboxylic acids is 1. The van der Waals surface area contributed by atoms with Gasteiger partial charge in [0.2, 0.25) is 0 Å². The second kappa shape index (κ2) is 14.6. The van der Waals surface area contributed by atoms with Crippen molar-refractivity contribution in [2.75, 3.05) is 12.4 Å². The first-order valence-corrected chi connectivity index (χ1v) is 13.3. The fraction of sp³-hybridized carbons (Fsp3) is 0.462. The maximum Gasteiger partial charge on any atom is 0.306 e. The van der Waals surface area contributed by atoms with E-state index in [0.29, 0.717) is 10.3 Å². The first-order chi connectivity index (χ1) is 16.3. The highest BCUT2D eigenvalue weighted by atomic mass is 35.5. The Bertz CT molecular complexity index is 897. The monoisotopic (exact) mass is 525 g/mol. The number of carboxylic acid groups (broad SMARTS) is 1. The summed E-state index contributed by atoms with van der Waals surface area (Å²) in [5, 5.41) is 11.1. The minimum Gasteiger partial charge on any atom is -0.481 e. The number of hydrogen-bond donors (Lipinski definition) is 1. The largest absolute Gasteiger partial charge is 0.481 e. The van der Waals surface area contributed by atoms with Crippen molar-refractivity contribution < 1.29 is 19.4 Å². The maximum atomic E-state index is 13.1. The molecule has 1 N–H and O–H groups in total. The fourth-order valence-corrected chi connectivity index (χ4v) is 5.02. The van der Waals surface area contributed by atoms with Gasteiger partial charge in [-0.1, -0.05) is 74.3 Å². The number of halogens is 2. The standard InChI is InChI=1S/C20H28ClNO4S.C6H5Cl/c1-4-13(3)27-12-16(5-2)22-17(14-6-8-15(21)9-7-14)11-26-18(20(22)25)10-19(23)24;7-6-4-2-1-3-5-6/h6-9,13,16-18H,4-5,10-12H2,1-3H3,(H,23,24);1-5H. The molecule has 34 heavy (non-hydrogen) atoms. The highest BCUT2D eigenvalue weighted by Gasteiger charge is 2.41. The van der Waals surface area contributed by atoms with E-state index in [-0.39, 0.29) is 31.0 Å². The average Bonchev–Trinajstić information content (AvgIpc) is 2.82. The van der Waals surface area contributed by atoms with Crippen molar-refractivity contribution in [3.05, 3.63) is 70.2 Å². The molecule has 1 saturated heterocycles. The van der Waals surface area contributed by atoms with Crippen LogP contribution in [0, 0.1) is 0 Å². The molecule has 0 radical (unpaired) electrons. The maximum absolute atomic E-state index is 13.1. The van der Waals surface area contributed by atoms with Crippen molar-refractivity contribution in [3.63, 3.8) is 0 Å². The average molecular weight is 527 g/mol. The molecule has 5 nitrogen and oxygen atoms in total. The SMILES string of the molecule is CCC(C)SCC(CC)N1C(=O)C(CC(=O)O)OCC1c1ccc(Cl)cc1.Clc1ccccc1. The van der Waals surface area contributed by atoms with Gasteiger partial charge in [0.1, 0.15) is 6.10 Å². The van der Waals surface area contributed by atoms with Crippen LogP contribution in [0.15, 0.2) is 54.6 Å². The number of nitrogens with zero attached hydrogens (tertiary/aromatic N) is 1. The summed E-state index contributed by atoms with van der Waals surface area (Å²) in [4.78, 5) is 26.1. The van der Waals surface area contributed by atoms with Crippen LogP contribution in [0.4, 0.5) is 0 Å². The summed E-state index contributed by atoms with van der Waals surface area (Å²) in [5.74, 6) is -0.443. The molecular weight excluding hydrogens is 493 g/mol. The second-order valence-corrected chi connectivity index (χ2v) is 10.5. The Morgan fingerprint density at radius 3 is 2.21 bits per heavy atom. The third kappa shape index (κ3) is 8.81. The Labute approximate surface area is 216 Å². The lowest BCUT2D eigenvalue weighted by atomic mass is 9.99. The number of carboxylic acids is 1. The molecule has 0 bridgehead atoms. The predicted molar refractivity (Wildman–Crippen MR) is 141 cm³/mol. The number of ether oxygens (including phenoxy) is 1. The lowest BCUT2D eigenvalue weighted by Crippen LogP contribution is -2.55. The summed E-state index contributed by atoms with van der Waals surface area (Å²) in [5.41, 5.74) is 0.952. The van der Waals surface area contributed by atoms with E-state index < -0.39 is 12.1 Å². The van der Waals surface area contributed by atoms with Gasteiger partial charge in [-0.25, -0.2) is 0 Å². The van der Waals surface area contributed by atoms with Gasteiger partial charge in [-0.15, -0.1) is 0 Å². The van der Waals surface area contributed by atoms with E-state index in [4.69, 9.17) is 33.0 Å². The number of thioether (sulfide) groups is 1. The molecule has 186 valence electrons. The zero-order chi connectivity index (χ0) is 25.1. The molecule has 0 aliphatic carbocycles. The third-order valence-corrected chi connectivity index (χ3v) is 7.67. The molecule has 1 fully saturated rings. The number of morpholine rings is 1. The van der Waals surface area contributed by atoms with Gasteiger partial charge in [0.15, 0.2) is 0 Å². The molecule has 2 aromatic carbocycles. The van der Waals surface area contributed by atoms with Gasteiger partial charge in [0, 0.05) is 27.1 Å². The van der Waals surface area contributed by atoms with Crippen LogP contribution in [0.25, 0.3) is 0 Å². The van der Waals surface area contributed by atoms with Crippen LogP contribution in [0.5, 0.6) is 0 Å².